The Bertz CT molecular complexity index is 550. The van der Waals surface area contributed by atoms with Crippen molar-refractivity contribution >= 4 is 0 Å². The van der Waals surface area contributed by atoms with Crippen LogP contribution in [0.4, 0.5) is 22.0 Å². The number of fused-ring (bicyclic) bond motifs is 1. The van der Waals surface area contributed by atoms with Gasteiger partial charge in [0.15, 0.2) is 23.3 Å². The molecule has 0 bridgehead atoms. The Kier molecular flexibility index (Phi) is 3.65. The van der Waals surface area contributed by atoms with Gasteiger partial charge in [-0.2, -0.15) is 0 Å². The maximum atomic E-state index is 13.6. The van der Waals surface area contributed by atoms with Crippen LogP contribution in [0.15, 0.2) is 0 Å². The van der Waals surface area contributed by atoms with Crippen LogP contribution in [0, 0.1) is 40.9 Å². The maximum Gasteiger partial charge on any atom is 0.200 e. The lowest BCUT2D eigenvalue weighted by molar-refractivity contribution is 0.123. The van der Waals surface area contributed by atoms with E-state index in [-0.39, 0.29) is 18.4 Å². The molecule has 1 saturated heterocycles. The zero-order valence-corrected chi connectivity index (χ0v) is 11.1. The Morgan fingerprint density at radius 3 is 2.00 bits per heavy atom. The summed E-state index contributed by atoms with van der Waals surface area (Å²) in [5, 5.41) is 9.77. The summed E-state index contributed by atoms with van der Waals surface area (Å²) in [6.45, 7) is 0.568. The zero-order valence-electron chi connectivity index (χ0n) is 11.1. The van der Waals surface area contributed by atoms with Crippen molar-refractivity contribution in [1.29, 1.82) is 0 Å². The van der Waals surface area contributed by atoms with Crippen molar-refractivity contribution in [1.82, 2.24) is 4.90 Å². The number of aliphatic hydroxyl groups is 1. The molecule has 1 saturated carbocycles. The standard InChI is InChI=1S/C14H14F5NO/c15-10-8(11(16)13(18)14(19)12(10)17)5-20-3-6-1-2-9(21)7(6)4-20/h6-7,9,21H,1-5H2. The highest BCUT2D eigenvalue weighted by Crippen LogP contribution is 2.39. The molecule has 3 atom stereocenters. The van der Waals surface area contributed by atoms with E-state index in [4.69, 9.17) is 0 Å². The summed E-state index contributed by atoms with van der Waals surface area (Å²) in [6, 6.07) is 0. The fourth-order valence-corrected chi connectivity index (χ4v) is 3.47. The number of hydrogen-bond donors (Lipinski definition) is 1. The van der Waals surface area contributed by atoms with E-state index in [0.717, 1.165) is 6.42 Å². The first-order chi connectivity index (χ1) is 9.90. The van der Waals surface area contributed by atoms with Crippen molar-refractivity contribution in [3.63, 3.8) is 0 Å². The van der Waals surface area contributed by atoms with Crippen LogP contribution in [0.1, 0.15) is 18.4 Å². The number of halogens is 5. The van der Waals surface area contributed by atoms with Gasteiger partial charge >= 0.3 is 0 Å². The Labute approximate surface area is 118 Å². The third-order valence-electron chi connectivity index (χ3n) is 4.58. The molecule has 1 heterocycles. The van der Waals surface area contributed by atoms with E-state index in [1.165, 1.54) is 0 Å². The van der Waals surface area contributed by atoms with Crippen LogP contribution in [0.2, 0.25) is 0 Å². The number of aliphatic hydroxyl groups excluding tert-OH is 1. The highest BCUT2D eigenvalue weighted by Gasteiger charge is 2.42. The highest BCUT2D eigenvalue weighted by atomic mass is 19.2. The Morgan fingerprint density at radius 2 is 1.43 bits per heavy atom. The van der Waals surface area contributed by atoms with Gasteiger partial charge in [-0.1, -0.05) is 0 Å². The van der Waals surface area contributed by atoms with Crippen LogP contribution in [0.5, 0.6) is 0 Å². The van der Waals surface area contributed by atoms with E-state index in [9.17, 15) is 27.1 Å². The topological polar surface area (TPSA) is 23.5 Å². The molecule has 2 fully saturated rings. The maximum absolute atomic E-state index is 13.6. The predicted octanol–water partition coefficient (Wildman–Crippen LogP) is 2.58. The Hall–Kier alpha value is -1.21. The second kappa shape index (κ2) is 5.21. The molecular weight excluding hydrogens is 293 g/mol. The summed E-state index contributed by atoms with van der Waals surface area (Å²) in [7, 11) is 0. The van der Waals surface area contributed by atoms with Crippen LogP contribution >= 0.6 is 0 Å². The SMILES string of the molecule is OC1CCC2CN(Cc3c(F)c(F)c(F)c(F)c3F)CC12. The molecule has 0 spiro atoms. The number of hydrogen-bond acceptors (Lipinski definition) is 2. The molecule has 0 amide bonds. The first-order valence-electron chi connectivity index (χ1n) is 6.81. The van der Waals surface area contributed by atoms with Crippen LogP contribution < -0.4 is 0 Å². The Balaban J connectivity index is 1.83. The van der Waals surface area contributed by atoms with Crippen LogP contribution in [0.3, 0.4) is 0 Å². The van der Waals surface area contributed by atoms with Gasteiger partial charge in [-0.25, -0.2) is 22.0 Å². The second-order valence-electron chi connectivity index (χ2n) is 5.81. The fraction of sp³-hybridized carbons (Fsp3) is 0.571. The fourth-order valence-electron chi connectivity index (χ4n) is 3.47. The summed E-state index contributed by atoms with van der Waals surface area (Å²) in [6.07, 6.45) is 1.07. The van der Waals surface area contributed by atoms with E-state index in [1.54, 1.807) is 4.90 Å². The average molecular weight is 307 g/mol. The normalized spacial score (nSPS) is 29.1. The lowest BCUT2D eigenvalue weighted by Crippen LogP contribution is -2.26. The summed E-state index contributed by atoms with van der Waals surface area (Å²) in [4.78, 5) is 1.63. The van der Waals surface area contributed by atoms with Crippen molar-refractivity contribution < 1.29 is 27.1 Å². The van der Waals surface area contributed by atoms with E-state index < -0.39 is 40.8 Å². The number of likely N-dealkylation sites (tertiary alicyclic amines) is 1. The molecule has 116 valence electrons. The van der Waals surface area contributed by atoms with Crippen LogP contribution in [0.25, 0.3) is 0 Å². The van der Waals surface area contributed by atoms with Gasteiger partial charge in [-0.15, -0.1) is 0 Å². The van der Waals surface area contributed by atoms with E-state index >= 15 is 0 Å². The number of benzene rings is 1. The van der Waals surface area contributed by atoms with Crippen LogP contribution in [-0.2, 0) is 6.54 Å². The van der Waals surface area contributed by atoms with Crippen molar-refractivity contribution in [2.75, 3.05) is 13.1 Å². The van der Waals surface area contributed by atoms with Gasteiger partial charge in [0.05, 0.1) is 6.10 Å². The number of rotatable bonds is 2. The third-order valence-corrected chi connectivity index (χ3v) is 4.58. The largest absolute Gasteiger partial charge is 0.393 e. The number of nitrogens with zero attached hydrogens (tertiary/aromatic N) is 1. The Morgan fingerprint density at radius 1 is 0.857 bits per heavy atom. The molecule has 3 unspecified atom stereocenters. The molecule has 21 heavy (non-hydrogen) atoms. The summed E-state index contributed by atoms with van der Waals surface area (Å²) >= 11 is 0. The molecule has 2 nitrogen and oxygen atoms in total. The molecular formula is C14H14F5NO. The lowest BCUT2D eigenvalue weighted by Gasteiger charge is -2.19. The minimum atomic E-state index is -2.14. The smallest absolute Gasteiger partial charge is 0.200 e. The van der Waals surface area contributed by atoms with Gasteiger partial charge in [0, 0.05) is 31.1 Å². The van der Waals surface area contributed by atoms with Gasteiger partial charge in [0.2, 0.25) is 5.82 Å². The molecule has 0 radical (unpaired) electrons. The highest BCUT2D eigenvalue weighted by molar-refractivity contribution is 5.24. The van der Waals surface area contributed by atoms with Gasteiger partial charge in [0.1, 0.15) is 0 Å². The van der Waals surface area contributed by atoms with Crippen molar-refractivity contribution in [3.05, 3.63) is 34.6 Å². The molecule has 1 aromatic rings. The zero-order chi connectivity index (χ0) is 15.3. The molecule has 7 heteroatoms. The third kappa shape index (κ3) is 2.32. The summed E-state index contributed by atoms with van der Waals surface area (Å²) in [5.74, 6) is -9.27. The summed E-state index contributed by atoms with van der Waals surface area (Å²) < 4.78 is 66.5. The van der Waals surface area contributed by atoms with Crippen molar-refractivity contribution in [2.45, 2.75) is 25.5 Å². The molecule has 1 aromatic carbocycles. The molecule has 2 aliphatic rings. The minimum absolute atomic E-state index is 0.0197. The van der Waals surface area contributed by atoms with Crippen molar-refractivity contribution in [3.8, 4) is 0 Å². The van der Waals surface area contributed by atoms with E-state index in [0.29, 0.717) is 19.5 Å². The van der Waals surface area contributed by atoms with E-state index in [1.807, 2.05) is 0 Å². The molecule has 0 aromatic heterocycles. The van der Waals surface area contributed by atoms with Gasteiger partial charge < -0.3 is 5.11 Å². The quantitative estimate of drug-likeness (QED) is 0.516. The first-order valence-corrected chi connectivity index (χ1v) is 6.81. The average Bonchev–Trinajstić information content (AvgIpc) is 3.01. The summed E-state index contributed by atoms with van der Waals surface area (Å²) in [5.41, 5.74) is -0.805. The predicted molar refractivity (Wildman–Crippen MR) is 63.7 cm³/mol. The minimum Gasteiger partial charge on any atom is -0.393 e. The van der Waals surface area contributed by atoms with Crippen LogP contribution in [-0.4, -0.2) is 29.2 Å². The first kappa shape index (κ1) is 14.7. The van der Waals surface area contributed by atoms with E-state index in [2.05, 4.69) is 0 Å². The molecule has 1 N–H and O–H groups in total. The van der Waals surface area contributed by atoms with Gasteiger partial charge in [-0.3, -0.25) is 4.90 Å². The molecule has 1 aliphatic carbocycles. The second-order valence-corrected chi connectivity index (χ2v) is 5.81. The molecule has 1 aliphatic heterocycles. The van der Waals surface area contributed by atoms with Gasteiger partial charge in [-0.05, 0) is 18.8 Å². The van der Waals surface area contributed by atoms with Crippen molar-refractivity contribution in [2.24, 2.45) is 11.8 Å². The molecule has 3 rings (SSSR count). The monoisotopic (exact) mass is 307 g/mol. The lowest BCUT2D eigenvalue weighted by atomic mass is 10.00. The van der Waals surface area contributed by atoms with Gasteiger partial charge in [0.25, 0.3) is 0 Å².